The van der Waals surface area contributed by atoms with Crippen LogP contribution in [-0.4, -0.2) is 27.5 Å². The zero-order chi connectivity index (χ0) is 12.0. The van der Waals surface area contributed by atoms with Gasteiger partial charge in [0.25, 0.3) is 0 Å². The van der Waals surface area contributed by atoms with Gasteiger partial charge in [-0.15, -0.1) is 0 Å². The summed E-state index contributed by atoms with van der Waals surface area (Å²) in [6.07, 6.45) is 2.63. The Balaban J connectivity index is 2.28. The third-order valence-electron chi connectivity index (χ3n) is 2.49. The maximum absolute atomic E-state index is 9.65. The molecule has 1 aromatic heterocycles. The zero-order valence-corrected chi connectivity index (χ0v) is 10.0. The molecule has 1 rings (SSSR count). The molecule has 0 radical (unpaired) electrons. The van der Waals surface area contributed by atoms with Crippen molar-refractivity contribution < 1.29 is 5.11 Å². The van der Waals surface area contributed by atoms with Crippen molar-refractivity contribution in [1.29, 1.82) is 0 Å². The van der Waals surface area contributed by atoms with Crippen LogP contribution in [0, 0.1) is 5.92 Å². The Hall–Kier alpha value is -1.04. The fraction of sp³-hybridized carbons (Fsp3) is 0.636. The summed E-state index contributed by atoms with van der Waals surface area (Å²) >= 11 is 0. The van der Waals surface area contributed by atoms with Crippen molar-refractivity contribution in [1.82, 2.24) is 20.6 Å². The highest BCUT2D eigenvalue weighted by molar-refractivity contribution is 4.87. The van der Waals surface area contributed by atoms with Gasteiger partial charge in [-0.1, -0.05) is 13.8 Å². The lowest BCUT2D eigenvalue weighted by atomic mass is 10.1. The zero-order valence-electron chi connectivity index (χ0n) is 10.0. The van der Waals surface area contributed by atoms with Crippen molar-refractivity contribution in [3.8, 4) is 0 Å². The van der Waals surface area contributed by atoms with Gasteiger partial charge in [0.15, 0.2) is 6.35 Å². The molecule has 1 aromatic rings. The lowest BCUT2D eigenvalue weighted by Gasteiger charge is -2.22. The number of hydrogen-bond acceptors (Lipinski definition) is 5. The molecule has 0 aliphatic carbocycles. The first-order valence-electron chi connectivity index (χ1n) is 5.53. The van der Waals surface area contributed by atoms with E-state index < -0.39 is 6.35 Å². The van der Waals surface area contributed by atoms with E-state index in [0.717, 1.165) is 0 Å². The summed E-state index contributed by atoms with van der Waals surface area (Å²) in [5, 5.41) is 15.6. The fourth-order valence-electron chi connectivity index (χ4n) is 1.11. The summed E-state index contributed by atoms with van der Waals surface area (Å²) in [5.74, 6) is 1.14. The Morgan fingerprint density at radius 2 is 1.88 bits per heavy atom. The molecule has 3 N–H and O–H groups in total. The number of rotatable bonds is 6. The maximum Gasteiger partial charge on any atom is 0.161 e. The molecule has 0 saturated heterocycles. The van der Waals surface area contributed by atoms with Crippen molar-refractivity contribution in [2.75, 3.05) is 0 Å². The Labute approximate surface area is 96.3 Å². The van der Waals surface area contributed by atoms with Gasteiger partial charge in [-0.3, -0.25) is 10.6 Å². The molecule has 0 amide bonds. The number of aliphatic hydroxyl groups is 1. The Morgan fingerprint density at radius 1 is 1.25 bits per heavy atom. The highest BCUT2D eigenvalue weighted by Gasteiger charge is 2.11. The minimum atomic E-state index is -0.735. The predicted molar refractivity (Wildman–Crippen MR) is 62.3 cm³/mol. The lowest BCUT2D eigenvalue weighted by molar-refractivity contribution is 0.0807. The number of hydrogen-bond donors (Lipinski definition) is 3. The third-order valence-corrected chi connectivity index (χ3v) is 2.49. The van der Waals surface area contributed by atoms with E-state index in [4.69, 9.17) is 0 Å². The molecule has 0 spiro atoms. The molecule has 0 bridgehead atoms. The van der Waals surface area contributed by atoms with E-state index in [1.165, 1.54) is 0 Å². The van der Waals surface area contributed by atoms with Gasteiger partial charge in [-0.2, -0.15) is 0 Å². The number of nitrogens with one attached hydrogen (secondary N) is 2. The average Bonchev–Trinajstić information content (AvgIpc) is 2.27. The first-order valence-corrected chi connectivity index (χ1v) is 5.53. The summed E-state index contributed by atoms with van der Waals surface area (Å²) in [6.45, 7) is 6.68. The van der Waals surface area contributed by atoms with Gasteiger partial charge < -0.3 is 5.11 Å². The molecule has 0 aromatic carbocycles. The average molecular weight is 224 g/mol. The van der Waals surface area contributed by atoms with Crippen LogP contribution in [0.25, 0.3) is 0 Å². The predicted octanol–water partition coefficient (Wildman–Crippen LogP) is 0.476. The van der Waals surface area contributed by atoms with E-state index >= 15 is 0 Å². The van der Waals surface area contributed by atoms with Crippen LogP contribution in [0.5, 0.6) is 0 Å². The molecular weight excluding hydrogens is 204 g/mol. The van der Waals surface area contributed by atoms with Crippen LogP contribution in [0.1, 0.15) is 26.6 Å². The number of aromatic nitrogens is 2. The quantitative estimate of drug-likeness (QED) is 0.613. The van der Waals surface area contributed by atoms with E-state index in [1.807, 2.05) is 6.92 Å². The molecule has 5 nitrogen and oxygen atoms in total. The first-order chi connectivity index (χ1) is 7.59. The summed E-state index contributed by atoms with van der Waals surface area (Å²) < 4.78 is 0. The van der Waals surface area contributed by atoms with Gasteiger partial charge in [0.05, 0.1) is 6.54 Å². The second kappa shape index (κ2) is 6.52. The first kappa shape index (κ1) is 13.0. The van der Waals surface area contributed by atoms with Crippen LogP contribution >= 0.6 is 0 Å². The highest BCUT2D eigenvalue weighted by atomic mass is 16.3. The van der Waals surface area contributed by atoms with Gasteiger partial charge in [0, 0.05) is 18.4 Å². The highest BCUT2D eigenvalue weighted by Crippen LogP contribution is 1.99. The minimum Gasteiger partial charge on any atom is -0.365 e. The van der Waals surface area contributed by atoms with Crippen LogP contribution in [0.15, 0.2) is 18.5 Å². The summed E-state index contributed by atoms with van der Waals surface area (Å²) in [5.41, 5.74) is 0. The molecule has 16 heavy (non-hydrogen) atoms. The SMILES string of the molecule is CC(C)[C@@H](C)NC(O)NCc1ncccn1. The van der Waals surface area contributed by atoms with E-state index in [2.05, 4.69) is 34.4 Å². The summed E-state index contributed by atoms with van der Waals surface area (Å²) in [4.78, 5) is 8.10. The molecule has 90 valence electrons. The van der Waals surface area contributed by atoms with Crippen LogP contribution in [0.3, 0.4) is 0 Å². The fourth-order valence-corrected chi connectivity index (χ4v) is 1.11. The van der Waals surface area contributed by atoms with Crippen molar-refractivity contribution in [3.05, 3.63) is 24.3 Å². The van der Waals surface area contributed by atoms with Crippen LogP contribution in [-0.2, 0) is 6.54 Å². The maximum atomic E-state index is 9.65. The molecular formula is C11H20N4O. The second-order valence-corrected chi connectivity index (χ2v) is 4.15. The van der Waals surface area contributed by atoms with Gasteiger partial charge in [-0.05, 0) is 18.9 Å². The van der Waals surface area contributed by atoms with E-state index in [-0.39, 0.29) is 6.04 Å². The van der Waals surface area contributed by atoms with Crippen LogP contribution in [0.2, 0.25) is 0 Å². The molecule has 0 fully saturated rings. The van der Waals surface area contributed by atoms with Gasteiger partial charge in [-0.25, -0.2) is 9.97 Å². The Kier molecular flexibility index (Phi) is 5.31. The van der Waals surface area contributed by atoms with E-state index in [9.17, 15) is 5.11 Å². The van der Waals surface area contributed by atoms with E-state index in [0.29, 0.717) is 18.3 Å². The normalized spacial score (nSPS) is 15.1. The van der Waals surface area contributed by atoms with Crippen LogP contribution < -0.4 is 10.6 Å². The number of nitrogens with zero attached hydrogens (tertiary/aromatic N) is 2. The lowest BCUT2D eigenvalue weighted by Crippen LogP contribution is -2.47. The van der Waals surface area contributed by atoms with Crippen molar-refractivity contribution >= 4 is 0 Å². The molecule has 2 atom stereocenters. The van der Waals surface area contributed by atoms with E-state index in [1.54, 1.807) is 18.5 Å². The molecule has 1 heterocycles. The topological polar surface area (TPSA) is 70.1 Å². The third kappa shape index (κ3) is 4.65. The Morgan fingerprint density at radius 3 is 2.44 bits per heavy atom. The summed E-state index contributed by atoms with van der Waals surface area (Å²) in [7, 11) is 0. The minimum absolute atomic E-state index is 0.249. The largest absolute Gasteiger partial charge is 0.365 e. The van der Waals surface area contributed by atoms with Crippen molar-refractivity contribution in [3.63, 3.8) is 0 Å². The van der Waals surface area contributed by atoms with Gasteiger partial charge in [0.2, 0.25) is 0 Å². The molecule has 5 heteroatoms. The molecule has 0 aliphatic heterocycles. The number of aliphatic hydroxyl groups excluding tert-OH is 1. The van der Waals surface area contributed by atoms with Crippen LogP contribution in [0.4, 0.5) is 0 Å². The monoisotopic (exact) mass is 224 g/mol. The summed E-state index contributed by atoms with van der Waals surface area (Å²) in [6, 6.07) is 2.01. The molecule has 1 unspecified atom stereocenters. The Bertz CT molecular complexity index is 291. The standard InChI is InChI=1S/C11H20N4O/c1-8(2)9(3)15-11(16)14-7-10-12-5-4-6-13-10/h4-6,8-9,11,14-16H,7H2,1-3H3/t9-,11?/m1/s1. The van der Waals surface area contributed by atoms with Gasteiger partial charge >= 0.3 is 0 Å². The van der Waals surface area contributed by atoms with Crippen molar-refractivity contribution in [2.24, 2.45) is 5.92 Å². The molecule has 0 aliphatic rings. The van der Waals surface area contributed by atoms with Crippen molar-refractivity contribution in [2.45, 2.75) is 39.7 Å². The second-order valence-electron chi connectivity index (χ2n) is 4.15. The smallest absolute Gasteiger partial charge is 0.161 e. The van der Waals surface area contributed by atoms with Gasteiger partial charge in [0.1, 0.15) is 5.82 Å². The molecule has 0 saturated carbocycles.